The molecule has 1 heterocycles. The van der Waals surface area contributed by atoms with E-state index in [-0.39, 0.29) is 0 Å². The molecule has 0 unspecified atom stereocenters. The molecule has 1 fully saturated rings. The molecule has 1 saturated heterocycles. The zero-order valence-electron chi connectivity index (χ0n) is 11.5. The fraction of sp³-hybridized carbons (Fsp3) is 0.833. The summed E-state index contributed by atoms with van der Waals surface area (Å²) in [5, 5.41) is 0. The van der Waals surface area contributed by atoms with Crippen LogP contribution >= 0.6 is 0 Å². The largest absolute Gasteiger partial charge is 0.447 e. The van der Waals surface area contributed by atoms with Gasteiger partial charge in [0.05, 0.1) is 13.2 Å². The summed E-state index contributed by atoms with van der Waals surface area (Å²) in [5.41, 5.74) is 0. The Morgan fingerprint density at radius 1 is 1.39 bits per heavy atom. The van der Waals surface area contributed by atoms with Crippen LogP contribution < -0.4 is 0 Å². The minimum Gasteiger partial charge on any atom is -0.447 e. The first-order chi connectivity index (χ1) is 8.63. The molecule has 1 aliphatic rings. The van der Waals surface area contributed by atoms with Gasteiger partial charge in [0.2, 0.25) is 0 Å². The summed E-state index contributed by atoms with van der Waals surface area (Å²) in [7, 11) is 3.87. The Hall–Kier alpha value is -1.14. The third-order valence-electron chi connectivity index (χ3n) is 2.68. The lowest BCUT2D eigenvalue weighted by Crippen LogP contribution is -2.40. The number of carbonyl (C=O) groups excluding carboxylic acids is 1. The summed E-state index contributed by atoms with van der Waals surface area (Å²) >= 11 is 0. The van der Waals surface area contributed by atoms with E-state index in [0.717, 1.165) is 25.3 Å². The lowest BCUT2D eigenvalue weighted by Gasteiger charge is -2.29. The van der Waals surface area contributed by atoms with Gasteiger partial charge in [0, 0.05) is 26.1 Å². The van der Waals surface area contributed by atoms with Crippen LogP contribution in [0.1, 0.15) is 13.3 Å². The van der Waals surface area contributed by atoms with Gasteiger partial charge in [-0.2, -0.15) is 4.99 Å². The van der Waals surface area contributed by atoms with Crippen LogP contribution in [0.15, 0.2) is 4.99 Å². The molecule has 6 heteroatoms. The van der Waals surface area contributed by atoms with Crippen molar-refractivity contribution in [1.29, 1.82) is 0 Å². The summed E-state index contributed by atoms with van der Waals surface area (Å²) in [5.74, 6) is 0.785. The average molecular weight is 257 g/mol. The number of likely N-dealkylation sites (N-methyl/N-ethyl adjacent to an activating group) is 1. The van der Waals surface area contributed by atoms with Gasteiger partial charge >= 0.3 is 6.09 Å². The van der Waals surface area contributed by atoms with Crippen LogP contribution in [0.5, 0.6) is 0 Å². The second-order valence-electron chi connectivity index (χ2n) is 4.40. The quantitative estimate of drug-likeness (QED) is 0.551. The summed E-state index contributed by atoms with van der Waals surface area (Å²) in [4.78, 5) is 19.6. The van der Waals surface area contributed by atoms with Crippen LogP contribution in [0.25, 0.3) is 0 Å². The van der Waals surface area contributed by atoms with Gasteiger partial charge in [-0.15, -0.1) is 0 Å². The third kappa shape index (κ3) is 5.46. The van der Waals surface area contributed by atoms with Crippen molar-refractivity contribution in [2.24, 2.45) is 4.99 Å². The maximum atomic E-state index is 11.6. The number of hydrogen-bond donors (Lipinski definition) is 0. The minimum atomic E-state index is -0.500. The molecule has 1 rings (SSSR count). The molecule has 6 nitrogen and oxygen atoms in total. The number of ether oxygens (including phenoxy) is 2. The van der Waals surface area contributed by atoms with Gasteiger partial charge in [-0.3, -0.25) is 0 Å². The van der Waals surface area contributed by atoms with Crippen LogP contribution in [0.4, 0.5) is 4.79 Å². The Kier molecular flexibility index (Phi) is 6.67. The molecule has 0 aliphatic carbocycles. The van der Waals surface area contributed by atoms with E-state index in [1.165, 1.54) is 0 Å². The Balaban J connectivity index is 2.41. The van der Waals surface area contributed by atoms with E-state index >= 15 is 0 Å². The SMILES string of the molecule is CCC(=NC(=O)OCCN(C)C)N1CCOCC1. The van der Waals surface area contributed by atoms with E-state index in [4.69, 9.17) is 9.47 Å². The Bertz CT molecular complexity index is 286. The van der Waals surface area contributed by atoms with Gasteiger partial charge in [-0.1, -0.05) is 6.92 Å². The van der Waals surface area contributed by atoms with E-state index in [2.05, 4.69) is 9.89 Å². The Morgan fingerprint density at radius 2 is 2.06 bits per heavy atom. The molecule has 0 N–H and O–H groups in total. The second-order valence-corrected chi connectivity index (χ2v) is 4.40. The standard InChI is InChI=1S/C12H23N3O3/c1-4-11(15-6-8-17-9-7-15)13-12(16)18-10-5-14(2)3/h4-10H2,1-3H3. The van der Waals surface area contributed by atoms with Crippen LogP contribution in [0.3, 0.4) is 0 Å². The Morgan fingerprint density at radius 3 is 2.61 bits per heavy atom. The first-order valence-electron chi connectivity index (χ1n) is 6.35. The number of amides is 1. The van der Waals surface area contributed by atoms with Crippen molar-refractivity contribution in [3.63, 3.8) is 0 Å². The summed E-state index contributed by atoms with van der Waals surface area (Å²) in [6, 6.07) is 0. The number of carbonyl (C=O) groups is 1. The van der Waals surface area contributed by atoms with Gasteiger partial charge in [0.1, 0.15) is 12.4 Å². The number of hydrogen-bond acceptors (Lipinski definition) is 4. The molecule has 104 valence electrons. The fourth-order valence-electron chi connectivity index (χ4n) is 1.65. The molecule has 1 aliphatic heterocycles. The average Bonchev–Trinajstić information content (AvgIpc) is 2.36. The van der Waals surface area contributed by atoms with Gasteiger partial charge < -0.3 is 19.3 Å². The molecule has 0 atom stereocenters. The second kappa shape index (κ2) is 8.05. The minimum absolute atomic E-state index is 0.370. The zero-order valence-corrected chi connectivity index (χ0v) is 11.5. The molecule has 0 aromatic heterocycles. The highest BCUT2D eigenvalue weighted by Crippen LogP contribution is 2.03. The van der Waals surface area contributed by atoms with E-state index in [0.29, 0.717) is 26.4 Å². The molecule has 0 aromatic carbocycles. The zero-order chi connectivity index (χ0) is 13.4. The fourth-order valence-corrected chi connectivity index (χ4v) is 1.65. The maximum absolute atomic E-state index is 11.6. The number of nitrogens with zero attached hydrogens (tertiary/aromatic N) is 3. The van der Waals surface area contributed by atoms with Crippen LogP contribution in [-0.4, -0.2) is 75.3 Å². The summed E-state index contributed by atoms with van der Waals surface area (Å²) < 4.78 is 10.3. The van der Waals surface area contributed by atoms with Crippen LogP contribution in [0, 0.1) is 0 Å². The van der Waals surface area contributed by atoms with E-state index in [1.807, 2.05) is 25.9 Å². The molecular formula is C12H23N3O3. The summed E-state index contributed by atoms with van der Waals surface area (Å²) in [6.07, 6.45) is 0.225. The van der Waals surface area contributed by atoms with Crippen LogP contribution in [0.2, 0.25) is 0 Å². The molecule has 0 aromatic rings. The van der Waals surface area contributed by atoms with Gasteiger partial charge in [-0.05, 0) is 14.1 Å². The molecule has 1 amide bonds. The van der Waals surface area contributed by atoms with Crippen molar-refractivity contribution in [3.05, 3.63) is 0 Å². The highest BCUT2D eigenvalue weighted by atomic mass is 16.5. The third-order valence-corrected chi connectivity index (χ3v) is 2.68. The lowest BCUT2D eigenvalue weighted by molar-refractivity contribution is 0.0670. The number of amidine groups is 1. The predicted octanol–water partition coefficient (Wildman–Crippen LogP) is 0.825. The smallest absolute Gasteiger partial charge is 0.435 e. The van der Waals surface area contributed by atoms with Crippen molar-refractivity contribution >= 4 is 11.9 Å². The van der Waals surface area contributed by atoms with Crippen LogP contribution in [-0.2, 0) is 9.47 Å². The van der Waals surface area contributed by atoms with Crippen molar-refractivity contribution in [2.75, 3.05) is 53.6 Å². The normalized spacial score (nSPS) is 17.1. The molecular weight excluding hydrogens is 234 g/mol. The number of morpholine rings is 1. The van der Waals surface area contributed by atoms with E-state index < -0.39 is 6.09 Å². The predicted molar refractivity (Wildman–Crippen MR) is 70.0 cm³/mol. The molecule has 18 heavy (non-hydrogen) atoms. The van der Waals surface area contributed by atoms with E-state index in [9.17, 15) is 4.79 Å². The Labute approximate surface area is 109 Å². The first kappa shape index (κ1) is 14.9. The van der Waals surface area contributed by atoms with Crippen molar-refractivity contribution < 1.29 is 14.3 Å². The monoisotopic (exact) mass is 257 g/mol. The number of aliphatic imine (C=N–C) groups is 1. The van der Waals surface area contributed by atoms with Crippen molar-refractivity contribution in [3.8, 4) is 0 Å². The van der Waals surface area contributed by atoms with Crippen molar-refractivity contribution in [2.45, 2.75) is 13.3 Å². The van der Waals surface area contributed by atoms with E-state index in [1.54, 1.807) is 0 Å². The van der Waals surface area contributed by atoms with Crippen molar-refractivity contribution in [1.82, 2.24) is 9.80 Å². The first-order valence-corrected chi connectivity index (χ1v) is 6.35. The summed E-state index contributed by atoms with van der Waals surface area (Å²) in [6.45, 7) is 6.02. The lowest BCUT2D eigenvalue weighted by atomic mass is 10.3. The van der Waals surface area contributed by atoms with Gasteiger partial charge in [0.15, 0.2) is 0 Å². The number of rotatable bonds is 4. The highest BCUT2D eigenvalue weighted by Gasteiger charge is 2.15. The molecule has 0 radical (unpaired) electrons. The van der Waals surface area contributed by atoms with Gasteiger partial charge in [-0.25, -0.2) is 4.79 Å². The topological polar surface area (TPSA) is 54.4 Å². The molecule has 0 saturated carbocycles. The highest BCUT2D eigenvalue weighted by molar-refractivity contribution is 5.91. The molecule has 0 spiro atoms. The molecule has 0 bridgehead atoms. The maximum Gasteiger partial charge on any atom is 0.435 e. The van der Waals surface area contributed by atoms with Gasteiger partial charge in [0.25, 0.3) is 0 Å².